The van der Waals surface area contributed by atoms with E-state index in [0.717, 1.165) is 12.5 Å². The predicted molar refractivity (Wildman–Crippen MR) is 93.0 cm³/mol. The molecule has 5 atom stereocenters. The number of hydrogen-bond donors (Lipinski definition) is 1. The van der Waals surface area contributed by atoms with Crippen molar-refractivity contribution in [2.45, 2.75) is 70.8 Å². The highest BCUT2D eigenvalue weighted by Crippen LogP contribution is 2.66. The Labute approximate surface area is 135 Å². The number of nitrogens with one attached hydrogen (secondary N) is 1. The van der Waals surface area contributed by atoms with Gasteiger partial charge < -0.3 is 5.32 Å². The Balaban J connectivity index is 1.49. The highest BCUT2D eigenvalue weighted by molar-refractivity contribution is 5.20. The second kappa shape index (κ2) is 4.84. The van der Waals surface area contributed by atoms with E-state index in [0.29, 0.717) is 22.3 Å². The highest BCUT2D eigenvalue weighted by Gasteiger charge is 2.59. The average molecular weight is 297 g/mol. The summed E-state index contributed by atoms with van der Waals surface area (Å²) in [5.74, 6) is 1.58. The summed E-state index contributed by atoms with van der Waals surface area (Å²) in [6, 6.07) is 11.0. The molecule has 1 aromatic rings. The Morgan fingerprint density at radius 2 is 1.64 bits per heavy atom. The zero-order chi connectivity index (χ0) is 15.4. The van der Waals surface area contributed by atoms with Crippen molar-refractivity contribution in [3.63, 3.8) is 0 Å². The van der Waals surface area contributed by atoms with Crippen LogP contribution in [0.3, 0.4) is 0 Å². The molecular formula is C21H31N. The summed E-state index contributed by atoms with van der Waals surface area (Å²) in [5.41, 5.74) is 3.12. The van der Waals surface area contributed by atoms with Crippen LogP contribution in [0.4, 0.5) is 0 Å². The van der Waals surface area contributed by atoms with Gasteiger partial charge in [-0.3, -0.25) is 0 Å². The highest BCUT2D eigenvalue weighted by atomic mass is 15.0. The molecule has 4 fully saturated rings. The number of rotatable bonds is 4. The number of hydrogen-bond acceptors (Lipinski definition) is 1. The van der Waals surface area contributed by atoms with E-state index in [2.05, 4.69) is 56.4 Å². The van der Waals surface area contributed by atoms with Crippen LogP contribution in [0.25, 0.3) is 0 Å². The summed E-state index contributed by atoms with van der Waals surface area (Å²) in [6.07, 6.45) is 8.69. The summed E-state index contributed by atoms with van der Waals surface area (Å²) in [5, 5.41) is 4.08. The Morgan fingerprint density at radius 1 is 1.00 bits per heavy atom. The fraction of sp³-hybridized carbons (Fsp3) is 0.714. The van der Waals surface area contributed by atoms with Gasteiger partial charge in [0.2, 0.25) is 0 Å². The van der Waals surface area contributed by atoms with Gasteiger partial charge in [-0.1, -0.05) is 51.1 Å². The van der Waals surface area contributed by atoms with Crippen LogP contribution >= 0.6 is 0 Å². The van der Waals surface area contributed by atoms with Crippen molar-refractivity contribution < 1.29 is 0 Å². The minimum Gasteiger partial charge on any atom is -0.311 e. The maximum Gasteiger partial charge on any atom is 0.0194 e. The molecule has 1 aromatic carbocycles. The van der Waals surface area contributed by atoms with Gasteiger partial charge in [-0.2, -0.15) is 0 Å². The minimum atomic E-state index is 0.436. The van der Waals surface area contributed by atoms with Crippen molar-refractivity contribution in [2.75, 3.05) is 6.54 Å². The van der Waals surface area contributed by atoms with Crippen LogP contribution in [0.2, 0.25) is 0 Å². The first-order chi connectivity index (χ1) is 10.4. The molecule has 4 bridgehead atoms. The normalized spacial score (nSPS) is 44.2. The summed E-state index contributed by atoms with van der Waals surface area (Å²) in [7, 11) is 0. The van der Waals surface area contributed by atoms with Gasteiger partial charge >= 0.3 is 0 Å². The molecule has 1 N–H and O–H groups in total. The van der Waals surface area contributed by atoms with Crippen molar-refractivity contribution >= 4 is 0 Å². The Kier molecular flexibility index (Phi) is 3.24. The zero-order valence-corrected chi connectivity index (χ0v) is 14.5. The first-order valence-electron chi connectivity index (χ1n) is 9.20. The first-order valence-corrected chi connectivity index (χ1v) is 9.20. The fourth-order valence-electron chi connectivity index (χ4n) is 6.91. The van der Waals surface area contributed by atoms with Crippen LogP contribution in [0.5, 0.6) is 0 Å². The van der Waals surface area contributed by atoms with E-state index in [1.165, 1.54) is 44.1 Å². The van der Waals surface area contributed by atoms with Gasteiger partial charge in [0.05, 0.1) is 0 Å². The smallest absolute Gasteiger partial charge is 0.0194 e. The summed E-state index contributed by atoms with van der Waals surface area (Å²) < 4.78 is 0. The van der Waals surface area contributed by atoms with E-state index in [-0.39, 0.29) is 0 Å². The molecule has 5 rings (SSSR count). The monoisotopic (exact) mass is 297 g/mol. The molecule has 4 saturated carbocycles. The third kappa shape index (κ3) is 2.52. The van der Waals surface area contributed by atoms with E-state index in [4.69, 9.17) is 0 Å². The Hall–Kier alpha value is -0.820. The second-order valence-corrected chi connectivity index (χ2v) is 9.60. The van der Waals surface area contributed by atoms with E-state index in [9.17, 15) is 0 Å². The van der Waals surface area contributed by atoms with Crippen molar-refractivity contribution in [1.29, 1.82) is 0 Å². The molecule has 4 aliphatic rings. The van der Waals surface area contributed by atoms with Crippen LogP contribution in [-0.4, -0.2) is 12.1 Å². The van der Waals surface area contributed by atoms with Crippen LogP contribution in [-0.2, 0) is 0 Å². The standard InChI is InChI=1S/C21H31N/c1-16(18-7-5-4-6-8-18)12-22-21-11-17-9-19(2,14-21)13-20(3,10-17)15-21/h4-8,16-17,22H,9-15H2,1-3H3/t16-,17?,19-,20+,21?/m1/s1. The van der Waals surface area contributed by atoms with E-state index in [1.807, 2.05) is 0 Å². The van der Waals surface area contributed by atoms with Gasteiger partial charge in [0.1, 0.15) is 0 Å². The Bertz CT molecular complexity index is 530. The maximum absolute atomic E-state index is 4.08. The molecule has 1 heteroatoms. The SMILES string of the molecule is C[C@H](CNC12CC3C[C@@](C)(C1)C[C@](C)(C3)C2)c1ccccc1. The van der Waals surface area contributed by atoms with Gasteiger partial charge in [-0.15, -0.1) is 0 Å². The van der Waals surface area contributed by atoms with Gasteiger partial charge in [0.25, 0.3) is 0 Å². The molecule has 0 aliphatic heterocycles. The molecule has 0 saturated heterocycles. The van der Waals surface area contributed by atoms with E-state index < -0.39 is 0 Å². The summed E-state index contributed by atoms with van der Waals surface area (Å²) >= 11 is 0. The third-order valence-corrected chi connectivity index (χ3v) is 6.78. The van der Waals surface area contributed by atoms with Crippen LogP contribution in [0, 0.1) is 16.7 Å². The van der Waals surface area contributed by atoms with Crippen molar-refractivity contribution in [3.8, 4) is 0 Å². The molecule has 1 nitrogen and oxygen atoms in total. The third-order valence-electron chi connectivity index (χ3n) is 6.78. The lowest BCUT2D eigenvalue weighted by molar-refractivity contribution is -0.117. The largest absolute Gasteiger partial charge is 0.311 e. The lowest BCUT2D eigenvalue weighted by Gasteiger charge is -2.65. The topological polar surface area (TPSA) is 12.0 Å². The van der Waals surface area contributed by atoms with Crippen molar-refractivity contribution in [2.24, 2.45) is 16.7 Å². The van der Waals surface area contributed by atoms with Crippen molar-refractivity contribution in [1.82, 2.24) is 5.32 Å². The molecule has 0 amide bonds. The van der Waals surface area contributed by atoms with Crippen LogP contribution < -0.4 is 5.32 Å². The zero-order valence-electron chi connectivity index (χ0n) is 14.5. The molecular weight excluding hydrogens is 266 g/mol. The molecule has 0 radical (unpaired) electrons. The maximum atomic E-state index is 4.08. The van der Waals surface area contributed by atoms with Gasteiger partial charge in [-0.25, -0.2) is 0 Å². The summed E-state index contributed by atoms with van der Waals surface area (Å²) in [4.78, 5) is 0. The van der Waals surface area contributed by atoms with Crippen LogP contribution in [0.1, 0.15) is 70.8 Å². The van der Waals surface area contributed by atoms with E-state index >= 15 is 0 Å². The molecule has 4 aliphatic carbocycles. The lowest BCUT2D eigenvalue weighted by Crippen LogP contribution is -2.64. The predicted octanol–water partition coefficient (Wildman–Crippen LogP) is 5.13. The fourth-order valence-corrected chi connectivity index (χ4v) is 6.91. The molecule has 0 spiro atoms. The van der Waals surface area contributed by atoms with Crippen LogP contribution in [0.15, 0.2) is 30.3 Å². The first kappa shape index (κ1) is 14.8. The van der Waals surface area contributed by atoms with E-state index in [1.54, 1.807) is 0 Å². The minimum absolute atomic E-state index is 0.436. The summed E-state index contributed by atoms with van der Waals surface area (Å²) in [6.45, 7) is 8.62. The quantitative estimate of drug-likeness (QED) is 0.812. The molecule has 120 valence electrons. The molecule has 0 aromatic heterocycles. The Morgan fingerprint density at radius 3 is 2.23 bits per heavy atom. The van der Waals surface area contributed by atoms with Gasteiger partial charge in [-0.05, 0) is 66.8 Å². The van der Waals surface area contributed by atoms with Crippen molar-refractivity contribution in [3.05, 3.63) is 35.9 Å². The second-order valence-electron chi connectivity index (χ2n) is 9.60. The number of benzene rings is 1. The molecule has 2 unspecified atom stereocenters. The van der Waals surface area contributed by atoms with Gasteiger partial charge in [0.15, 0.2) is 0 Å². The van der Waals surface area contributed by atoms with Gasteiger partial charge in [0, 0.05) is 12.1 Å². The average Bonchev–Trinajstić information content (AvgIpc) is 2.42. The lowest BCUT2D eigenvalue weighted by atomic mass is 9.43. The molecule has 22 heavy (non-hydrogen) atoms. The molecule has 0 heterocycles.